The number of ether oxygens (including phenoxy) is 1. The maximum atomic E-state index is 6.86. The Hall–Kier alpha value is -7.11. The molecular weight excluding hydrogens is 793 g/mol. The minimum atomic E-state index is -0.0203. The fraction of sp³-hybridized carbons (Fsp3) is 0.217. The summed E-state index contributed by atoms with van der Waals surface area (Å²) in [6.07, 6.45) is 1.94. The monoisotopic (exact) mass is 850 g/mol. The van der Waals surface area contributed by atoms with Gasteiger partial charge in [-0.3, -0.25) is 4.57 Å². The van der Waals surface area contributed by atoms with Gasteiger partial charge in [-0.05, 0) is 122 Å². The van der Waals surface area contributed by atoms with Crippen molar-refractivity contribution in [3.63, 3.8) is 0 Å². The molecule has 9 aromatic rings. The molecule has 10 rings (SSSR count). The molecule has 5 heteroatoms. The van der Waals surface area contributed by atoms with Crippen LogP contribution in [0, 0.1) is 0 Å². The number of nitrogens with zero attached hydrogens (tertiary/aromatic N) is 4. The Morgan fingerprint density at radius 3 is 1.86 bits per heavy atom. The Labute approximate surface area is 384 Å². The average Bonchev–Trinajstić information content (AvgIpc) is 3.85. The molecule has 0 saturated heterocycles. The van der Waals surface area contributed by atoms with Crippen LogP contribution in [0.1, 0.15) is 79.0 Å². The van der Waals surface area contributed by atoms with Crippen LogP contribution in [0.25, 0.3) is 49.9 Å². The molecule has 1 aliphatic heterocycles. The lowest BCUT2D eigenvalue weighted by atomic mass is 9.86. The summed E-state index contributed by atoms with van der Waals surface area (Å²) in [4.78, 5) is 9.85. The van der Waals surface area contributed by atoms with Gasteiger partial charge < -0.3 is 14.5 Å². The first-order valence-corrected chi connectivity index (χ1v) is 22.9. The minimum Gasteiger partial charge on any atom is -0.457 e. The van der Waals surface area contributed by atoms with Gasteiger partial charge in [-0.2, -0.15) is 0 Å². The maximum absolute atomic E-state index is 6.86. The SMILES string of the molecule is CC(C)(C)c1cccc(N2CN(c3cccc(Oc4ccc5c6cc(C(C)(C)C)ccc6n(-c6cc(C(C)(C)C)ccn6)c5c4)c3)c3cccc(-c4cccc(-c5ccccc5)c4)c32)c1. The van der Waals surface area contributed by atoms with Gasteiger partial charge in [0.2, 0.25) is 0 Å². The van der Waals surface area contributed by atoms with Gasteiger partial charge in [0.1, 0.15) is 24.0 Å². The van der Waals surface area contributed by atoms with Gasteiger partial charge in [-0.15, -0.1) is 0 Å². The van der Waals surface area contributed by atoms with E-state index in [4.69, 9.17) is 9.72 Å². The first kappa shape index (κ1) is 41.9. The number of pyridine rings is 1. The summed E-state index contributed by atoms with van der Waals surface area (Å²) in [5.41, 5.74) is 15.4. The predicted molar refractivity (Wildman–Crippen MR) is 274 cm³/mol. The lowest BCUT2D eigenvalue weighted by molar-refractivity contribution is 0.483. The summed E-state index contributed by atoms with van der Waals surface area (Å²) in [7, 11) is 0. The van der Waals surface area contributed by atoms with Crippen molar-refractivity contribution >= 4 is 44.6 Å². The van der Waals surface area contributed by atoms with Gasteiger partial charge in [0, 0.05) is 46.0 Å². The van der Waals surface area contributed by atoms with E-state index in [9.17, 15) is 0 Å². The van der Waals surface area contributed by atoms with E-state index in [0.29, 0.717) is 6.67 Å². The Morgan fingerprint density at radius 1 is 0.446 bits per heavy atom. The fourth-order valence-corrected chi connectivity index (χ4v) is 9.26. The van der Waals surface area contributed by atoms with Crippen LogP contribution in [-0.4, -0.2) is 16.2 Å². The minimum absolute atomic E-state index is 0.00712. The highest BCUT2D eigenvalue weighted by atomic mass is 16.5. The first-order valence-electron chi connectivity index (χ1n) is 22.9. The van der Waals surface area contributed by atoms with Crippen molar-refractivity contribution in [2.24, 2.45) is 0 Å². The van der Waals surface area contributed by atoms with E-state index in [-0.39, 0.29) is 16.2 Å². The molecule has 0 spiro atoms. The molecule has 0 saturated carbocycles. The highest BCUT2D eigenvalue weighted by Gasteiger charge is 2.32. The highest BCUT2D eigenvalue weighted by Crippen LogP contribution is 2.50. The van der Waals surface area contributed by atoms with Crippen molar-refractivity contribution in [1.82, 2.24) is 9.55 Å². The summed E-state index contributed by atoms with van der Waals surface area (Å²) in [6.45, 7) is 21.1. The second kappa shape index (κ2) is 15.8. The van der Waals surface area contributed by atoms with E-state index in [1.807, 2.05) is 6.20 Å². The molecule has 0 aliphatic carbocycles. The molecule has 0 atom stereocenters. The normalized spacial score (nSPS) is 13.2. The first-order chi connectivity index (χ1) is 31.1. The summed E-state index contributed by atoms with van der Waals surface area (Å²) in [6, 6.07) is 61.6. The van der Waals surface area contributed by atoms with Crippen molar-refractivity contribution in [3.8, 4) is 39.6 Å². The van der Waals surface area contributed by atoms with Crippen LogP contribution >= 0.6 is 0 Å². The molecule has 65 heavy (non-hydrogen) atoms. The standard InChI is InChI=1S/C60H58N4O/c1-58(2,3)43-21-14-22-46(34-43)63-39-62(54-26-16-25-50(57(54)63)42-20-13-19-41(33-42)40-17-11-10-12-18-40)47-23-15-24-48(37-47)65-49-28-29-51-52-35-44(59(4,5)6)27-30-53(52)64(55(51)38-49)56-36-45(31-32-61-56)60(7,8)9/h10-38H,39H2,1-9H3. The third kappa shape index (κ3) is 7.94. The lowest BCUT2D eigenvalue weighted by Crippen LogP contribution is -2.24. The third-order valence-corrected chi connectivity index (χ3v) is 13.0. The Morgan fingerprint density at radius 2 is 1.09 bits per heavy atom. The topological polar surface area (TPSA) is 33.5 Å². The second-order valence-corrected chi connectivity index (χ2v) is 20.7. The third-order valence-electron chi connectivity index (χ3n) is 13.0. The van der Waals surface area contributed by atoms with Gasteiger partial charge in [0.25, 0.3) is 0 Å². The Balaban J connectivity index is 1.06. The van der Waals surface area contributed by atoms with Crippen molar-refractivity contribution in [1.29, 1.82) is 0 Å². The predicted octanol–water partition coefficient (Wildman–Crippen LogP) is 16.4. The van der Waals surface area contributed by atoms with Crippen LogP contribution < -0.4 is 14.5 Å². The van der Waals surface area contributed by atoms with Crippen LogP contribution in [0.5, 0.6) is 11.5 Å². The number of aromatic nitrogens is 2. The van der Waals surface area contributed by atoms with E-state index in [0.717, 1.165) is 39.7 Å². The molecule has 3 heterocycles. The summed E-state index contributed by atoms with van der Waals surface area (Å²) in [5.74, 6) is 2.44. The molecule has 5 nitrogen and oxygen atoms in total. The van der Waals surface area contributed by atoms with Crippen molar-refractivity contribution in [3.05, 3.63) is 193 Å². The molecule has 2 aromatic heterocycles. The molecule has 1 aliphatic rings. The maximum Gasteiger partial charge on any atom is 0.137 e. The van der Waals surface area contributed by atoms with Crippen LogP contribution in [0.2, 0.25) is 0 Å². The number of benzene rings is 7. The summed E-state index contributed by atoms with van der Waals surface area (Å²) >= 11 is 0. The number of hydrogen-bond donors (Lipinski definition) is 0. The zero-order valence-corrected chi connectivity index (χ0v) is 39.1. The van der Waals surface area contributed by atoms with Crippen LogP contribution in [0.4, 0.5) is 22.7 Å². The van der Waals surface area contributed by atoms with Crippen molar-refractivity contribution < 1.29 is 4.74 Å². The Bertz CT molecular complexity index is 3230. The highest BCUT2D eigenvalue weighted by molar-refractivity contribution is 6.10. The zero-order chi connectivity index (χ0) is 45.3. The number of anilines is 4. The largest absolute Gasteiger partial charge is 0.457 e. The van der Waals surface area contributed by atoms with E-state index in [1.54, 1.807) is 0 Å². The molecule has 7 aromatic carbocycles. The number of para-hydroxylation sites is 1. The smallest absolute Gasteiger partial charge is 0.137 e. The van der Waals surface area contributed by atoms with E-state index < -0.39 is 0 Å². The average molecular weight is 851 g/mol. The van der Waals surface area contributed by atoms with Gasteiger partial charge in [0.05, 0.1) is 22.4 Å². The van der Waals surface area contributed by atoms with Gasteiger partial charge in [-0.25, -0.2) is 4.98 Å². The zero-order valence-electron chi connectivity index (χ0n) is 39.1. The van der Waals surface area contributed by atoms with Gasteiger partial charge in [-0.1, -0.05) is 147 Å². The summed E-state index contributed by atoms with van der Waals surface area (Å²) < 4.78 is 9.16. The molecular formula is C60H58N4O. The van der Waals surface area contributed by atoms with E-state index >= 15 is 0 Å². The summed E-state index contributed by atoms with van der Waals surface area (Å²) in [5, 5.41) is 2.38. The number of hydrogen-bond acceptors (Lipinski definition) is 4. The fourth-order valence-electron chi connectivity index (χ4n) is 9.26. The molecule has 0 radical (unpaired) electrons. The molecule has 0 bridgehead atoms. The molecule has 324 valence electrons. The number of rotatable bonds is 7. The Kier molecular flexibility index (Phi) is 10.2. The quantitative estimate of drug-likeness (QED) is 0.160. The molecule has 0 fully saturated rings. The molecule has 0 unspecified atom stereocenters. The van der Waals surface area contributed by atoms with E-state index in [2.05, 4.69) is 247 Å². The van der Waals surface area contributed by atoms with Crippen LogP contribution in [0.3, 0.4) is 0 Å². The second-order valence-electron chi connectivity index (χ2n) is 20.7. The van der Waals surface area contributed by atoms with Gasteiger partial charge >= 0.3 is 0 Å². The van der Waals surface area contributed by atoms with Crippen molar-refractivity contribution in [2.75, 3.05) is 16.5 Å². The van der Waals surface area contributed by atoms with Gasteiger partial charge in [0.15, 0.2) is 0 Å². The number of fused-ring (bicyclic) bond motifs is 4. The van der Waals surface area contributed by atoms with Crippen molar-refractivity contribution in [2.45, 2.75) is 78.6 Å². The molecule has 0 N–H and O–H groups in total. The van der Waals surface area contributed by atoms with Crippen LogP contribution in [-0.2, 0) is 16.2 Å². The van der Waals surface area contributed by atoms with Crippen LogP contribution in [0.15, 0.2) is 176 Å². The molecule has 0 amide bonds. The lowest BCUT2D eigenvalue weighted by Gasteiger charge is -2.26. The van der Waals surface area contributed by atoms with E-state index in [1.165, 1.54) is 61.1 Å².